The number of nitro benzene ring substituents is 1. The molecule has 3 aromatic rings. The van der Waals surface area contributed by atoms with Crippen LogP contribution in [0.4, 0.5) is 11.5 Å². The third kappa shape index (κ3) is 3.85. The van der Waals surface area contributed by atoms with Gasteiger partial charge in [0.15, 0.2) is 0 Å². The Kier molecular flexibility index (Phi) is 5.05. The van der Waals surface area contributed by atoms with Gasteiger partial charge in [0.1, 0.15) is 17.2 Å². The largest absolute Gasteiger partial charge is 0.383 e. The van der Waals surface area contributed by atoms with Crippen LogP contribution in [0, 0.1) is 10.1 Å². The van der Waals surface area contributed by atoms with Crippen LogP contribution >= 0.6 is 0 Å². The van der Waals surface area contributed by atoms with Crippen LogP contribution in [0.2, 0.25) is 0 Å². The van der Waals surface area contributed by atoms with Crippen molar-refractivity contribution >= 4 is 28.3 Å². The Labute approximate surface area is 166 Å². The molecule has 148 valence electrons. The molecule has 0 spiro atoms. The standard InChI is InChI=1S/C20H20N6O3/c21-19-14-5-1-3-7-16(14)22-18(23-19)13-24-9-11-25(12-10-24)20(27)15-6-2-4-8-17(15)26(28)29/h1-8H,9-13H2,(H2,21,22,23). The first-order valence-corrected chi connectivity index (χ1v) is 9.29. The van der Waals surface area contributed by atoms with Crippen molar-refractivity contribution in [3.63, 3.8) is 0 Å². The van der Waals surface area contributed by atoms with E-state index in [4.69, 9.17) is 5.73 Å². The Morgan fingerprint density at radius 3 is 2.48 bits per heavy atom. The molecule has 4 rings (SSSR count). The number of carbonyl (C=O) groups is 1. The molecule has 0 bridgehead atoms. The Bertz CT molecular complexity index is 1080. The molecule has 1 aromatic heterocycles. The van der Waals surface area contributed by atoms with Gasteiger partial charge in [0.05, 0.1) is 17.0 Å². The van der Waals surface area contributed by atoms with E-state index in [0.29, 0.717) is 44.4 Å². The predicted molar refractivity (Wildman–Crippen MR) is 108 cm³/mol. The number of anilines is 1. The van der Waals surface area contributed by atoms with Crippen LogP contribution < -0.4 is 5.73 Å². The molecule has 2 heterocycles. The van der Waals surface area contributed by atoms with Gasteiger partial charge in [-0.3, -0.25) is 19.8 Å². The fourth-order valence-corrected chi connectivity index (χ4v) is 3.51. The number of rotatable bonds is 4. The van der Waals surface area contributed by atoms with Crippen LogP contribution in [0.3, 0.4) is 0 Å². The number of benzene rings is 2. The van der Waals surface area contributed by atoms with Crippen LogP contribution in [0.25, 0.3) is 10.9 Å². The number of piperazine rings is 1. The average molecular weight is 392 g/mol. The van der Waals surface area contributed by atoms with E-state index in [0.717, 1.165) is 10.9 Å². The summed E-state index contributed by atoms with van der Waals surface area (Å²) in [6.07, 6.45) is 0. The molecule has 0 atom stereocenters. The summed E-state index contributed by atoms with van der Waals surface area (Å²) in [5, 5.41) is 12.0. The third-order valence-corrected chi connectivity index (χ3v) is 5.03. The Morgan fingerprint density at radius 1 is 1.03 bits per heavy atom. The second kappa shape index (κ2) is 7.80. The lowest BCUT2D eigenvalue weighted by atomic mass is 10.1. The molecule has 0 radical (unpaired) electrons. The van der Waals surface area contributed by atoms with E-state index in [1.54, 1.807) is 17.0 Å². The van der Waals surface area contributed by atoms with Crippen LogP contribution in [0.15, 0.2) is 48.5 Å². The quantitative estimate of drug-likeness (QED) is 0.533. The van der Waals surface area contributed by atoms with Crippen LogP contribution in [-0.2, 0) is 6.54 Å². The first kappa shape index (κ1) is 18.8. The van der Waals surface area contributed by atoms with Crippen LogP contribution in [0.5, 0.6) is 0 Å². The van der Waals surface area contributed by atoms with Gasteiger partial charge >= 0.3 is 0 Å². The highest BCUT2D eigenvalue weighted by molar-refractivity contribution is 5.98. The van der Waals surface area contributed by atoms with E-state index in [2.05, 4.69) is 14.9 Å². The number of hydrogen-bond acceptors (Lipinski definition) is 7. The van der Waals surface area contributed by atoms with Gasteiger partial charge < -0.3 is 10.6 Å². The lowest BCUT2D eigenvalue weighted by Gasteiger charge is -2.34. The smallest absolute Gasteiger partial charge is 0.282 e. The second-order valence-corrected chi connectivity index (χ2v) is 6.88. The maximum absolute atomic E-state index is 12.7. The van der Waals surface area contributed by atoms with E-state index in [1.807, 2.05) is 24.3 Å². The highest BCUT2D eigenvalue weighted by atomic mass is 16.6. The van der Waals surface area contributed by atoms with Gasteiger partial charge in [-0.2, -0.15) is 0 Å². The van der Waals surface area contributed by atoms with E-state index >= 15 is 0 Å². The number of hydrogen-bond donors (Lipinski definition) is 1. The maximum atomic E-state index is 12.7. The summed E-state index contributed by atoms with van der Waals surface area (Å²) < 4.78 is 0. The summed E-state index contributed by atoms with van der Waals surface area (Å²) in [4.78, 5) is 36.2. The second-order valence-electron chi connectivity index (χ2n) is 6.88. The highest BCUT2D eigenvalue weighted by Gasteiger charge is 2.27. The van der Waals surface area contributed by atoms with Gasteiger partial charge in [-0.1, -0.05) is 24.3 Å². The molecule has 2 aromatic carbocycles. The summed E-state index contributed by atoms with van der Waals surface area (Å²) in [5.74, 6) is 0.777. The molecule has 2 N–H and O–H groups in total. The van der Waals surface area contributed by atoms with Crippen LogP contribution in [-0.4, -0.2) is 56.8 Å². The summed E-state index contributed by atoms with van der Waals surface area (Å²) >= 11 is 0. The minimum Gasteiger partial charge on any atom is -0.383 e. The monoisotopic (exact) mass is 392 g/mol. The number of carbonyl (C=O) groups excluding carboxylic acids is 1. The van der Waals surface area contributed by atoms with Gasteiger partial charge in [-0.25, -0.2) is 9.97 Å². The van der Waals surface area contributed by atoms with E-state index in [-0.39, 0.29) is 17.2 Å². The maximum Gasteiger partial charge on any atom is 0.282 e. The molecule has 0 unspecified atom stereocenters. The van der Waals surface area contributed by atoms with Gasteiger partial charge in [-0.15, -0.1) is 0 Å². The molecule has 1 saturated heterocycles. The molecular formula is C20H20N6O3. The molecule has 1 amide bonds. The number of nitro groups is 1. The fraction of sp³-hybridized carbons (Fsp3) is 0.250. The van der Waals surface area contributed by atoms with Gasteiger partial charge in [0.2, 0.25) is 0 Å². The average Bonchev–Trinajstić information content (AvgIpc) is 2.74. The van der Waals surface area contributed by atoms with Crippen molar-refractivity contribution in [2.75, 3.05) is 31.9 Å². The summed E-state index contributed by atoms with van der Waals surface area (Å²) in [5.41, 5.74) is 6.81. The zero-order valence-corrected chi connectivity index (χ0v) is 15.7. The molecule has 1 aliphatic rings. The normalized spacial score (nSPS) is 14.8. The van der Waals surface area contributed by atoms with Crippen molar-refractivity contribution in [3.05, 3.63) is 70.0 Å². The van der Waals surface area contributed by atoms with E-state index in [9.17, 15) is 14.9 Å². The Balaban J connectivity index is 1.42. The van der Waals surface area contributed by atoms with E-state index in [1.165, 1.54) is 12.1 Å². The molecule has 9 nitrogen and oxygen atoms in total. The summed E-state index contributed by atoms with van der Waals surface area (Å²) in [6.45, 7) is 2.75. The molecule has 29 heavy (non-hydrogen) atoms. The first-order chi connectivity index (χ1) is 14.0. The third-order valence-electron chi connectivity index (χ3n) is 5.03. The molecular weight excluding hydrogens is 372 g/mol. The number of para-hydroxylation sites is 2. The molecule has 0 aliphatic carbocycles. The minimum absolute atomic E-state index is 0.122. The minimum atomic E-state index is -0.523. The van der Waals surface area contributed by atoms with Crippen molar-refractivity contribution in [2.24, 2.45) is 0 Å². The van der Waals surface area contributed by atoms with Crippen molar-refractivity contribution < 1.29 is 9.72 Å². The Hall–Kier alpha value is -3.59. The summed E-state index contributed by atoms with van der Waals surface area (Å²) in [6, 6.07) is 13.6. The molecule has 1 fully saturated rings. The fourth-order valence-electron chi connectivity index (χ4n) is 3.51. The lowest BCUT2D eigenvalue weighted by molar-refractivity contribution is -0.385. The van der Waals surface area contributed by atoms with Crippen LogP contribution in [0.1, 0.15) is 16.2 Å². The lowest BCUT2D eigenvalue weighted by Crippen LogP contribution is -2.48. The number of nitrogen functional groups attached to an aromatic ring is 1. The molecule has 1 aliphatic heterocycles. The number of fused-ring (bicyclic) bond motifs is 1. The van der Waals surface area contributed by atoms with Crippen molar-refractivity contribution in [2.45, 2.75) is 6.54 Å². The van der Waals surface area contributed by atoms with Crippen molar-refractivity contribution in [1.29, 1.82) is 0 Å². The number of aromatic nitrogens is 2. The molecule has 9 heteroatoms. The SMILES string of the molecule is Nc1nc(CN2CCN(C(=O)c3ccccc3[N+](=O)[O-])CC2)nc2ccccc12. The Morgan fingerprint density at radius 2 is 1.72 bits per heavy atom. The zero-order valence-electron chi connectivity index (χ0n) is 15.7. The van der Waals surface area contributed by atoms with Crippen molar-refractivity contribution in [1.82, 2.24) is 19.8 Å². The van der Waals surface area contributed by atoms with Gasteiger partial charge in [0, 0.05) is 37.6 Å². The number of amides is 1. The zero-order chi connectivity index (χ0) is 20.4. The van der Waals surface area contributed by atoms with Crippen molar-refractivity contribution in [3.8, 4) is 0 Å². The summed E-state index contributed by atoms with van der Waals surface area (Å²) in [7, 11) is 0. The predicted octanol–water partition coefficient (Wildman–Crippen LogP) is 2.08. The highest BCUT2D eigenvalue weighted by Crippen LogP contribution is 2.21. The number of nitrogens with zero attached hydrogens (tertiary/aromatic N) is 5. The van der Waals surface area contributed by atoms with E-state index < -0.39 is 4.92 Å². The van der Waals surface area contributed by atoms with Gasteiger partial charge in [-0.05, 0) is 18.2 Å². The van der Waals surface area contributed by atoms with Gasteiger partial charge in [0.25, 0.3) is 11.6 Å². The first-order valence-electron chi connectivity index (χ1n) is 9.29. The molecule has 0 saturated carbocycles. The topological polar surface area (TPSA) is 118 Å². The number of nitrogens with two attached hydrogens (primary N) is 1.